The number of benzene rings is 1. The van der Waals surface area contributed by atoms with Crippen molar-refractivity contribution < 1.29 is 9.53 Å². The predicted molar refractivity (Wildman–Crippen MR) is 91.6 cm³/mol. The van der Waals surface area contributed by atoms with Gasteiger partial charge in [0, 0.05) is 29.3 Å². The standard InChI is InChI=1S/C16H17BrN4O2/c17-12-1-3-13(4-2-12)18-14-5-6-15(21-20-14)19-16(22)11-7-9-23-10-8-11/h1-6,11H,7-10H2,(H,18,20)(H,19,21,22). The Morgan fingerprint density at radius 2 is 1.70 bits per heavy atom. The number of rotatable bonds is 4. The smallest absolute Gasteiger partial charge is 0.228 e. The summed E-state index contributed by atoms with van der Waals surface area (Å²) < 4.78 is 6.27. The van der Waals surface area contributed by atoms with Crippen molar-refractivity contribution in [3.05, 3.63) is 40.9 Å². The molecule has 6 nitrogen and oxygen atoms in total. The second-order valence-corrected chi connectivity index (χ2v) is 6.23. The van der Waals surface area contributed by atoms with Crippen molar-refractivity contribution in [3.8, 4) is 0 Å². The van der Waals surface area contributed by atoms with Gasteiger partial charge < -0.3 is 15.4 Å². The molecule has 1 aromatic carbocycles. The third-order valence-electron chi connectivity index (χ3n) is 3.62. The molecule has 1 aliphatic rings. The molecule has 1 aliphatic heterocycles. The molecule has 2 N–H and O–H groups in total. The maximum atomic E-state index is 12.1. The highest BCUT2D eigenvalue weighted by Crippen LogP contribution is 2.19. The number of amides is 1. The molecule has 1 aromatic heterocycles. The van der Waals surface area contributed by atoms with Gasteiger partial charge in [-0.05, 0) is 49.2 Å². The average molecular weight is 377 g/mol. The van der Waals surface area contributed by atoms with Crippen molar-refractivity contribution in [1.29, 1.82) is 0 Å². The normalized spacial score (nSPS) is 15.2. The van der Waals surface area contributed by atoms with Gasteiger partial charge in [0.1, 0.15) is 0 Å². The minimum absolute atomic E-state index is 0.00822. The van der Waals surface area contributed by atoms with Crippen molar-refractivity contribution in [2.45, 2.75) is 12.8 Å². The first-order valence-electron chi connectivity index (χ1n) is 7.45. The average Bonchev–Trinajstić information content (AvgIpc) is 2.59. The van der Waals surface area contributed by atoms with Crippen molar-refractivity contribution in [1.82, 2.24) is 10.2 Å². The molecule has 2 aromatic rings. The Bertz CT molecular complexity index is 655. The number of halogens is 1. The molecule has 0 atom stereocenters. The zero-order valence-corrected chi connectivity index (χ0v) is 14.0. The molecular weight excluding hydrogens is 360 g/mol. The van der Waals surface area contributed by atoms with Gasteiger partial charge in [-0.15, -0.1) is 10.2 Å². The summed E-state index contributed by atoms with van der Waals surface area (Å²) in [6, 6.07) is 11.3. The molecule has 0 saturated carbocycles. The zero-order valence-electron chi connectivity index (χ0n) is 12.5. The lowest BCUT2D eigenvalue weighted by molar-refractivity contribution is -0.122. The van der Waals surface area contributed by atoms with Crippen LogP contribution in [0.2, 0.25) is 0 Å². The fourth-order valence-electron chi connectivity index (χ4n) is 2.33. The van der Waals surface area contributed by atoms with E-state index in [9.17, 15) is 4.79 Å². The number of hydrogen-bond donors (Lipinski definition) is 2. The molecular formula is C16H17BrN4O2. The third kappa shape index (κ3) is 4.49. The van der Waals surface area contributed by atoms with Crippen LogP contribution in [0.5, 0.6) is 0 Å². The Morgan fingerprint density at radius 3 is 2.35 bits per heavy atom. The highest BCUT2D eigenvalue weighted by molar-refractivity contribution is 9.10. The number of nitrogens with one attached hydrogen (secondary N) is 2. The van der Waals surface area contributed by atoms with E-state index >= 15 is 0 Å². The second-order valence-electron chi connectivity index (χ2n) is 5.31. The first-order valence-corrected chi connectivity index (χ1v) is 8.25. The predicted octanol–water partition coefficient (Wildman–Crippen LogP) is 3.35. The molecule has 0 spiro atoms. The molecule has 2 heterocycles. The van der Waals surface area contributed by atoms with Gasteiger partial charge in [0.15, 0.2) is 11.6 Å². The van der Waals surface area contributed by atoms with Gasteiger partial charge in [-0.25, -0.2) is 0 Å². The third-order valence-corrected chi connectivity index (χ3v) is 4.15. The molecule has 1 fully saturated rings. The van der Waals surface area contributed by atoms with Crippen LogP contribution in [0.25, 0.3) is 0 Å². The van der Waals surface area contributed by atoms with E-state index in [0.29, 0.717) is 24.8 Å². The van der Waals surface area contributed by atoms with Crippen LogP contribution >= 0.6 is 15.9 Å². The van der Waals surface area contributed by atoms with Gasteiger partial charge in [0.25, 0.3) is 0 Å². The van der Waals surface area contributed by atoms with Crippen molar-refractivity contribution in [2.24, 2.45) is 5.92 Å². The maximum Gasteiger partial charge on any atom is 0.228 e. The summed E-state index contributed by atoms with van der Waals surface area (Å²) in [6.45, 7) is 1.28. The summed E-state index contributed by atoms with van der Waals surface area (Å²) >= 11 is 3.39. The van der Waals surface area contributed by atoms with Crippen molar-refractivity contribution in [3.63, 3.8) is 0 Å². The number of aromatic nitrogens is 2. The zero-order chi connectivity index (χ0) is 16.1. The monoisotopic (exact) mass is 376 g/mol. The number of hydrogen-bond acceptors (Lipinski definition) is 5. The molecule has 3 rings (SSSR count). The Labute approximate surface area is 142 Å². The highest BCUT2D eigenvalue weighted by atomic mass is 79.9. The van der Waals surface area contributed by atoms with Gasteiger partial charge in [-0.1, -0.05) is 15.9 Å². The Balaban J connectivity index is 1.58. The van der Waals surface area contributed by atoms with E-state index in [2.05, 4.69) is 36.8 Å². The molecule has 1 saturated heterocycles. The molecule has 7 heteroatoms. The molecule has 120 valence electrons. The summed E-state index contributed by atoms with van der Waals surface area (Å²) in [5.41, 5.74) is 0.918. The van der Waals surface area contributed by atoms with E-state index in [1.54, 1.807) is 12.1 Å². The summed E-state index contributed by atoms with van der Waals surface area (Å²) in [4.78, 5) is 12.1. The van der Waals surface area contributed by atoms with Gasteiger partial charge in [0.2, 0.25) is 5.91 Å². The summed E-state index contributed by atoms with van der Waals surface area (Å²) in [6.07, 6.45) is 1.50. The SMILES string of the molecule is O=C(Nc1ccc(Nc2ccc(Br)cc2)nn1)C1CCOCC1. The lowest BCUT2D eigenvalue weighted by Gasteiger charge is -2.20. The lowest BCUT2D eigenvalue weighted by atomic mass is 9.99. The van der Waals surface area contributed by atoms with E-state index in [4.69, 9.17) is 4.74 Å². The van der Waals surface area contributed by atoms with Crippen LogP contribution < -0.4 is 10.6 Å². The van der Waals surface area contributed by atoms with Gasteiger partial charge in [-0.2, -0.15) is 0 Å². The van der Waals surface area contributed by atoms with Crippen LogP contribution in [0.4, 0.5) is 17.3 Å². The molecule has 0 aliphatic carbocycles. The van der Waals surface area contributed by atoms with Crippen molar-refractivity contribution in [2.75, 3.05) is 23.8 Å². The van der Waals surface area contributed by atoms with Crippen LogP contribution in [0.3, 0.4) is 0 Å². The van der Waals surface area contributed by atoms with Crippen LogP contribution in [0.1, 0.15) is 12.8 Å². The van der Waals surface area contributed by atoms with Crippen LogP contribution in [-0.2, 0) is 9.53 Å². The first-order chi connectivity index (χ1) is 11.2. The molecule has 0 bridgehead atoms. The topological polar surface area (TPSA) is 76.1 Å². The summed E-state index contributed by atoms with van der Waals surface area (Å²) in [5.74, 6) is 1.06. The fraction of sp³-hybridized carbons (Fsp3) is 0.312. The second kappa shape index (κ2) is 7.52. The molecule has 0 radical (unpaired) electrons. The van der Waals surface area contributed by atoms with Crippen LogP contribution in [0, 0.1) is 5.92 Å². The number of anilines is 3. The van der Waals surface area contributed by atoms with E-state index in [1.807, 2.05) is 24.3 Å². The minimum atomic E-state index is -0.0174. The Hall–Kier alpha value is -1.99. The maximum absolute atomic E-state index is 12.1. The molecule has 1 amide bonds. The minimum Gasteiger partial charge on any atom is -0.381 e. The highest BCUT2D eigenvalue weighted by Gasteiger charge is 2.21. The van der Waals surface area contributed by atoms with Crippen LogP contribution in [0.15, 0.2) is 40.9 Å². The largest absolute Gasteiger partial charge is 0.381 e. The lowest BCUT2D eigenvalue weighted by Crippen LogP contribution is -2.28. The Kier molecular flexibility index (Phi) is 5.19. The van der Waals surface area contributed by atoms with Gasteiger partial charge >= 0.3 is 0 Å². The first kappa shape index (κ1) is 15.9. The van der Waals surface area contributed by atoms with E-state index in [1.165, 1.54) is 0 Å². The van der Waals surface area contributed by atoms with Gasteiger partial charge in [-0.3, -0.25) is 4.79 Å². The van der Waals surface area contributed by atoms with E-state index in [0.717, 1.165) is 23.0 Å². The van der Waals surface area contributed by atoms with Crippen LogP contribution in [-0.4, -0.2) is 29.3 Å². The van der Waals surface area contributed by atoms with E-state index in [-0.39, 0.29) is 11.8 Å². The van der Waals surface area contributed by atoms with Crippen molar-refractivity contribution >= 4 is 39.2 Å². The fourth-order valence-corrected chi connectivity index (χ4v) is 2.60. The quantitative estimate of drug-likeness (QED) is 0.855. The summed E-state index contributed by atoms with van der Waals surface area (Å²) in [5, 5.41) is 14.1. The number of ether oxygens (including phenoxy) is 1. The molecule has 23 heavy (non-hydrogen) atoms. The number of carbonyl (C=O) groups excluding carboxylic acids is 1. The Morgan fingerprint density at radius 1 is 1.04 bits per heavy atom. The summed E-state index contributed by atoms with van der Waals surface area (Å²) in [7, 11) is 0. The van der Waals surface area contributed by atoms with E-state index < -0.39 is 0 Å². The molecule has 0 unspecified atom stereocenters. The number of carbonyl (C=O) groups is 1. The van der Waals surface area contributed by atoms with Gasteiger partial charge in [0.05, 0.1) is 0 Å². The number of nitrogens with zero attached hydrogens (tertiary/aromatic N) is 2.